The summed E-state index contributed by atoms with van der Waals surface area (Å²) in [7, 11) is 0. The Morgan fingerprint density at radius 3 is 2.67 bits per heavy atom. The van der Waals surface area contributed by atoms with Crippen LogP contribution in [0.5, 0.6) is 0 Å². The van der Waals surface area contributed by atoms with Crippen molar-refractivity contribution < 1.29 is 9.59 Å². The molecule has 3 heterocycles. The predicted molar refractivity (Wildman–Crippen MR) is 158 cm³/mol. The largest absolute Gasteiger partial charge is 0.345 e. The smallest absolute Gasteiger partial charge is 0.318 e. The number of aryl methyl sites for hydroxylation is 3. The summed E-state index contributed by atoms with van der Waals surface area (Å²) >= 11 is 6.28. The van der Waals surface area contributed by atoms with Gasteiger partial charge in [0, 0.05) is 53.1 Å². The lowest BCUT2D eigenvalue weighted by Gasteiger charge is -2.29. The van der Waals surface area contributed by atoms with Gasteiger partial charge < -0.3 is 20.1 Å². The number of fused-ring (bicyclic) bond motifs is 2. The Kier molecular flexibility index (Phi) is 9.41. The van der Waals surface area contributed by atoms with Crippen molar-refractivity contribution in [2.24, 2.45) is 5.92 Å². The molecule has 0 aliphatic carbocycles. The van der Waals surface area contributed by atoms with Crippen molar-refractivity contribution in [3.05, 3.63) is 70.4 Å². The minimum Gasteiger partial charge on any atom is -0.345 e. The molecule has 1 atom stereocenters. The zero-order valence-electron chi connectivity index (χ0n) is 23.0. The van der Waals surface area contributed by atoms with Crippen LogP contribution in [-0.4, -0.2) is 47.0 Å². The van der Waals surface area contributed by atoms with Crippen LogP contribution in [0.3, 0.4) is 0 Å². The molecule has 0 saturated carbocycles. The van der Waals surface area contributed by atoms with E-state index in [0.717, 1.165) is 80.3 Å². The number of ketones is 1. The van der Waals surface area contributed by atoms with E-state index < -0.39 is 0 Å². The summed E-state index contributed by atoms with van der Waals surface area (Å²) in [6, 6.07) is 18.6. The summed E-state index contributed by atoms with van der Waals surface area (Å²) in [5.41, 5.74) is 4.59. The first kappa shape index (κ1) is 28.2. The number of halogens is 1. The fraction of sp³-hybridized carbons (Fsp3) is 0.469. The number of carbonyl (C=O) groups is 2. The Morgan fingerprint density at radius 1 is 1.07 bits per heavy atom. The van der Waals surface area contributed by atoms with E-state index >= 15 is 0 Å². The number of benzene rings is 2. The van der Waals surface area contributed by atoms with E-state index in [1.54, 1.807) is 4.90 Å². The third kappa shape index (κ3) is 6.86. The maximum absolute atomic E-state index is 13.7. The predicted octanol–water partition coefficient (Wildman–Crippen LogP) is 5.63. The summed E-state index contributed by atoms with van der Waals surface area (Å²) in [6.45, 7) is 3.11. The van der Waals surface area contributed by atoms with Gasteiger partial charge in [-0.25, -0.2) is 4.79 Å². The van der Waals surface area contributed by atoms with Gasteiger partial charge in [0.2, 0.25) is 0 Å². The normalized spacial score (nSPS) is 18.4. The zero-order chi connectivity index (χ0) is 27.9. The van der Waals surface area contributed by atoms with Crippen LogP contribution >= 0.6 is 11.6 Å². The molecule has 0 bridgehead atoms. The third-order valence-electron chi connectivity index (χ3n) is 8.37. The average Bonchev–Trinajstić information content (AvgIpc) is 3.32. The van der Waals surface area contributed by atoms with E-state index in [4.69, 9.17) is 16.9 Å². The lowest BCUT2D eigenvalue weighted by Crippen LogP contribution is -2.49. The van der Waals surface area contributed by atoms with Crippen molar-refractivity contribution in [3.63, 3.8) is 0 Å². The molecule has 210 valence electrons. The molecule has 1 fully saturated rings. The van der Waals surface area contributed by atoms with Gasteiger partial charge in [-0.1, -0.05) is 35.9 Å². The Labute approximate surface area is 241 Å². The van der Waals surface area contributed by atoms with E-state index in [-0.39, 0.29) is 30.3 Å². The minimum atomic E-state index is -0.148. The van der Waals surface area contributed by atoms with Crippen LogP contribution in [0.4, 0.5) is 4.79 Å². The van der Waals surface area contributed by atoms with Gasteiger partial charge >= 0.3 is 6.03 Å². The maximum Gasteiger partial charge on any atom is 0.318 e. The molecule has 5 rings (SSSR count). The summed E-state index contributed by atoms with van der Waals surface area (Å²) in [5.74, 6) is -0.0158. The Hall–Kier alpha value is -3.34. The average molecular weight is 560 g/mol. The van der Waals surface area contributed by atoms with Crippen molar-refractivity contribution in [2.45, 2.75) is 70.5 Å². The molecule has 0 spiro atoms. The molecule has 2 amide bonds. The zero-order valence-corrected chi connectivity index (χ0v) is 23.8. The van der Waals surface area contributed by atoms with Crippen LogP contribution in [0.2, 0.25) is 5.02 Å². The van der Waals surface area contributed by atoms with Gasteiger partial charge in [-0.2, -0.15) is 5.26 Å². The highest BCUT2D eigenvalue weighted by Gasteiger charge is 2.28. The van der Waals surface area contributed by atoms with E-state index in [2.05, 4.69) is 39.5 Å². The first-order valence-electron chi connectivity index (χ1n) is 14.5. The molecule has 1 unspecified atom stereocenters. The molecule has 0 radical (unpaired) electrons. The molecule has 8 heteroatoms. The molecule has 1 aromatic heterocycles. The van der Waals surface area contributed by atoms with Crippen molar-refractivity contribution in [2.75, 3.05) is 19.6 Å². The SMILES string of the molecule is N#CCCCn1c(CCC2CCc3ccccc3CN(C(=O)NC3CCNCC3)CC2=O)cc2cc(Cl)ccc21. The molecule has 2 aromatic carbocycles. The number of hydrogen-bond donors (Lipinski definition) is 2. The van der Waals surface area contributed by atoms with Crippen LogP contribution in [0.1, 0.15) is 55.3 Å². The van der Waals surface area contributed by atoms with Crippen LogP contribution in [0.15, 0.2) is 48.5 Å². The highest BCUT2D eigenvalue weighted by molar-refractivity contribution is 6.31. The number of amides is 2. The molecule has 2 aliphatic rings. The quantitative estimate of drug-likeness (QED) is 0.367. The topological polar surface area (TPSA) is 90.2 Å². The Morgan fingerprint density at radius 2 is 1.88 bits per heavy atom. The van der Waals surface area contributed by atoms with Crippen LogP contribution in [0, 0.1) is 17.2 Å². The summed E-state index contributed by atoms with van der Waals surface area (Å²) in [6.07, 6.45) is 6.13. The van der Waals surface area contributed by atoms with Gasteiger partial charge in [0.1, 0.15) is 0 Å². The van der Waals surface area contributed by atoms with Crippen LogP contribution < -0.4 is 10.6 Å². The van der Waals surface area contributed by atoms with Crippen molar-refractivity contribution in [1.29, 1.82) is 5.26 Å². The van der Waals surface area contributed by atoms with Gasteiger partial charge in [-0.15, -0.1) is 0 Å². The number of rotatable bonds is 7. The van der Waals surface area contributed by atoms with E-state index in [1.807, 2.05) is 30.3 Å². The maximum atomic E-state index is 13.7. The number of nitrogens with zero attached hydrogens (tertiary/aromatic N) is 3. The second-order valence-corrected chi connectivity index (χ2v) is 11.5. The van der Waals surface area contributed by atoms with E-state index in [0.29, 0.717) is 24.4 Å². The Balaban J connectivity index is 1.35. The van der Waals surface area contributed by atoms with Crippen molar-refractivity contribution in [3.8, 4) is 6.07 Å². The monoisotopic (exact) mass is 559 g/mol. The van der Waals surface area contributed by atoms with Crippen molar-refractivity contribution >= 4 is 34.3 Å². The first-order chi connectivity index (χ1) is 19.5. The number of piperidine rings is 1. The molecule has 3 aromatic rings. The number of aromatic nitrogens is 1. The number of urea groups is 1. The molecule has 1 saturated heterocycles. The standard InChI is InChI=1S/C32H38ClN5O2/c33-27-10-12-30-26(19-27)20-29(38(30)18-4-3-15-34)11-9-24-8-7-23-5-1-2-6-25(23)21-37(22-31(24)39)32(40)36-28-13-16-35-17-14-28/h1-2,5-6,10,12,19-20,24,28,35H,3-4,7-9,11,13-14,16-18,21-22H2,(H,36,40). The number of nitriles is 1. The van der Waals surface area contributed by atoms with Gasteiger partial charge in [0.25, 0.3) is 0 Å². The third-order valence-corrected chi connectivity index (χ3v) is 8.60. The summed E-state index contributed by atoms with van der Waals surface area (Å²) in [4.78, 5) is 28.8. The second-order valence-electron chi connectivity index (χ2n) is 11.1. The second kappa shape index (κ2) is 13.3. The van der Waals surface area contributed by atoms with Gasteiger partial charge in [-0.3, -0.25) is 4.79 Å². The molecular weight excluding hydrogens is 522 g/mol. The number of Topliss-reactive ketones (excluding diaryl/α,β-unsaturated/α-hetero) is 1. The summed E-state index contributed by atoms with van der Waals surface area (Å²) in [5, 5.41) is 17.4. The van der Waals surface area contributed by atoms with Gasteiger partial charge in [-0.05, 0) is 93.4 Å². The first-order valence-corrected chi connectivity index (χ1v) is 14.9. The highest BCUT2D eigenvalue weighted by Crippen LogP contribution is 2.28. The lowest BCUT2D eigenvalue weighted by atomic mass is 9.90. The fourth-order valence-electron chi connectivity index (χ4n) is 6.11. The molecular formula is C32H38ClN5O2. The number of carbonyl (C=O) groups excluding carboxylic acids is 2. The van der Waals surface area contributed by atoms with E-state index in [1.165, 1.54) is 5.56 Å². The molecule has 40 heavy (non-hydrogen) atoms. The lowest BCUT2D eigenvalue weighted by molar-refractivity contribution is -0.123. The van der Waals surface area contributed by atoms with Gasteiger partial charge in [0.15, 0.2) is 5.78 Å². The highest BCUT2D eigenvalue weighted by atomic mass is 35.5. The molecule has 7 nitrogen and oxygen atoms in total. The summed E-state index contributed by atoms with van der Waals surface area (Å²) < 4.78 is 2.27. The number of unbranched alkanes of at least 4 members (excludes halogenated alkanes) is 1. The van der Waals surface area contributed by atoms with Crippen LogP contribution in [-0.2, 0) is 30.7 Å². The van der Waals surface area contributed by atoms with E-state index in [9.17, 15) is 9.59 Å². The van der Waals surface area contributed by atoms with Crippen molar-refractivity contribution in [1.82, 2.24) is 20.1 Å². The molecule has 2 aliphatic heterocycles. The minimum absolute atomic E-state index is 0.122. The van der Waals surface area contributed by atoms with Crippen LogP contribution in [0.25, 0.3) is 10.9 Å². The number of nitrogens with one attached hydrogen (secondary N) is 2. The number of hydrogen-bond acceptors (Lipinski definition) is 4. The Bertz CT molecular complexity index is 1390. The fourth-order valence-corrected chi connectivity index (χ4v) is 6.30. The van der Waals surface area contributed by atoms with Gasteiger partial charge in [0.05, 0.1) is 12.6 Å². The molecule has 2 N–H and O–H groups in total.